The molecule has 0 atom stereocenters. The van der Waals surface area contributed by atoms with Crippen molar-refractivity contribution in [3.05, 3.63) is 89.1 Å². The molecule has 0 spiro atoms. The van der Waals surface area contributed by atoms with Crippen LogP contribution in [0.3, 0.4) is 0 Å². The van der Waals surface area contributed by atoms with Crippen LogP contribution in [0.5, 0.6) is 5.75 Å². The van der Waals surface area contributed by atoms with Gasteiger partial charge >= 0.3 is 5.97 Å². The van der Waals surface area contributed by atoms with Crippen LogP contribution in [0.2, 0.25) is 0 Å². The summed E-state index contributed by atoms with van der Waals surface area (Å²) in [6, 6.07) is 22.6. The Morgan fingerprint density at radius 3 is 2.37 bits per heavy atom. The summed E-state index contributed by atoms with van der Waals surface area (Å²) in [6.07, 6.45) is 3.49. The second kappa shape index (κ2) is 8.92. The van der Waals surface area contributed by atoms with Crippen LogP contribution in [0, 0.1) is 5.92 Å². The van der Waals surface area contributed by atoms with Gasteiger partial charge in [-0.3, -0.25) is 0 Å². The maximum atomic E-state index is 12.8. The minimum Gasteiger partial charge on any atom is -0.497 e. The SMILES string of the molecule is COc1cccc(Cn2c(C(=O)O)c(-c3ccc(C(C)(C)C)cc3)c3cccc(CC4CC4)c32)c1. The highest BCUT2D eigenvalue weighted by Crippen LogP contribution is 2.41. The van der Waals surface area contributed by atoms with Crippen LogP contribution in [0.15, 0.2) is 66.7 Å². The molecule has 0 aliphatic heterocycles. The van der Waals surface area contributed by atoms with Crippen molar-refractivity contribution >= 4 is 16.9 Å². The van der Waals surface area contributed by atoms with Gasteiger partial charge in [-0.1, -0.05) is 75.4 Å². The van der Waals surface area contributed by atoms with Crippen LogP contribution in [-0.2, 0) is 18.4 Å². The minimum absolute atomic E-state index is 0.0337. The summed E-state index contributed by atoms with van der Waals surface area (Å²) < 4.78 is 7.44. The number of benzene rings is 3. The molecule has 3 aromatic carbocycles. The third-order valence-electron chi connectivity index (χ3n) is 7.09. The normalized spacial score (nSPS) is 13.8. The van der Waals surface area contributed by atoms with Crippen LogP contribution in [0.25, 0.3) is 22.0 Å². The Balaban J connectivity index is 1.75. The van der Waals surface area contributed by atoms with Gasteiger partial charge in [0.2, 0.25) is 0 Å². The number of aromatic nitrogens is 1. The fourth-order valence-corrected chi connectivity index (χ4v) is 5.05. The molecular weight excluding hydrogens is 434 g/mol. The molecule has 0 amide bonds. The lowest BCUT2D eigenvalue weighted by Gasteiger charge is -2.19. The second-order valence-electron chi connectivity index (χ2n) is 10.8. The molecule has 1 aromatic heterocycles. The molecule has 0 saturated heterocycles. The topological polar surface area (TPSA) is 51.5 Å². The Bertz CT molecular complexity index is 1390. The van der Waals surface area contributed by atoms with Gasteiger partial charge in [0.05, 0.1) is 12.6 Å². The number of ether oxygens (including phenoxy) is 1. The third kappa shape index (κ3) is 4.58. The number of carbonyl (C=O) groups is 1. The minimum atomic E-state index is -0.906. The number of carboxylic acid groups (broad SMARTS) is 1. The number of hydrogen-bond acceptors (Lipinski definition) is 2. The van der Waals surface area contributed by atoms with Crippen molar-refractivity contribution in [1.82, 2.24) is 4.57 Å². The lowest BCUT2D eigenvalue weighted by atomic mass is 9.86. The van der Waals surface area contributed by atoms with Gasteiger partial charge in [0.25, 0.3) is 0 Å². The molecule has 4 nitrogen and oxygen atoms in total. The van der Waals surface area contributed by atoms with E-state index in [2.05, 4.69) is 63.2 Å². The summed E-state index contributed by atoms with van der Waals surface area (Å²) in [6.45, 7) is 7.04. The largest absolute Gasteiger partial charge is 0.497 e. The average Bonchev–Trinajstić information content (AvgIpc) is 3.58. The Kier molecular flexibility index (Phi) is 5.92. The van der Waals surface area contributed by atoms with E-state index in [-0.39, 0.29) is 5.41 Å². The van der Waals surface area contributed by atoms with Gasteiger partial charge in [0.1, 0.15) is 11.4 Å². The van der Waals surface area contributed by atoms with E-state index in [0.717, 1.165) is 39.8 Å². The van der Waals surface area contributed by atoms with Crippen molar-refractivity contribution in [3.63, 3.8) is 0 Å². The predicted octanol–water partition coefficient (Wildman–Crippen LogP) is 7.31. The predicted molar refractivity (Wildman–Crippen MR) is 142 cm³/mol. The summed E-state index contributed by atoms with van der Waals surface area (Å²) in [7, 11) is 1.65. The first-order chi connectivity index (χ1) is 16.8. The molecule has 4 heteroatoms. The number of methoxy groups -OCH3 is 1. The molecule has 1 aliphatic carbocycles. The molecule has 0 bridgehead atoms. The van der Waals surface area contributed by atoms with Gasteiger partial charge in [0, 0.05) is 17.5 Å². The van der Waals surface area contributed by atoms with Gasteiger partial charge in [-0.05, 0) is 65.0 Å². The summed E-state index contributed by atoms with van der Waals surface area (Å²) in [5.74, 6) is 0.562. The maximum Gasteiger partial charge on any atom is 0.353 e. The number of rotatable bonds is 7. The quantitative estimate of drug-likeness (QED) is 0.310. The van der Waals surface area contributed by atoms with Crippen LogP contribution in [0.4, 0.5) is 0 Å². The summed E-state index contributed by atoms with van der Waals surface area (Å²) in [5.41, 5.74) is 6.62. The summed E-state index contributed by atoms with van der Waals surface area (Å²) >= 11 is 0. The van der Waals surface area contributed by atoms with Gasteiger partial charge in [-0.15, -0.1) is 0 Å². The molecule has 180 valence electrons. The van der Waals surface area contributed by atoms with Crippen molar-refractivity contribution in [2.45, 2.75) is 52.0 Å². The average molecular weight is 468 g/mol. The molecule has 0 radical (unpaired) electrons. The van der Waals surface area contributed by atoms with Crippen LogP contribution in [-0.4, -0.2) is 22.8 Å². The first-order valence-electron chi connectivity index (χ1n) is 12.4. The number of para-hydroxylation sites is 1. The fraction of sp³-hybridized carbons (Fsp3) is 0.323. The van der Waals surface area contributed by atoms with E-state index >= 15 is 0 Å². The van der Waals surface area contributed by atoms with E-state index in [4.69, 9.17) is 4.74 Å². The number of fused-ring (bicyclic) bond motifs is 1. The number of aromatic carboxylic acids is 1. The van der Waals surface area contributed by atoms with E-state index in [0.29, 0.717) is 18.2 Å². The van der Waals surface area contributed by atoms with Gasteiger partial charge < -0.3 is 14.4 Å². The van der Waals surface area contributed by atoms with Crippen molar-refractivity contribution < 1.29 is 14.6 Å². The fourth-order valence-electron chi connectivity index (χ4n) is 5.05. The number of carboxylic acids is 1. The highest BCUT2D eigenvalue weighted by Gasteiger charge is 2.28. The van der Waals surface area contributed by atoms with Crippen LogP contribution < -0.4 is 4.74 Å². The van der Waals surface area contributed by atoms with E-state index < -0.39 is 5.97 Å². The molecular formula is C31H33NO3. The van der Waals surface area contributed by atoms with Crippen molar-refractivity contribution in [2.75, 3.05) is 7.11 Å². The molecule has 4 aromatic rings. The first kappa shape index (κ1) is 23.2. The molecule has 5 rings (SSSR count). The van der Waals surface area contributed by atoms with Gasteiger partial charge in [0.15, 0.2) is 0 Å². The molecule has 1 heterocycles. The number of nitrogens with zero attached hydrogens (tertiary/aromatic N) is 1. The van der Waals surface area contributed by atoms with Crippen LogP contribution >= 0.6 is 0 Å². The molecule has 1 saturated carbocycles. The zero-order chi connectivity index (χ0) is 24.7. The Morgan fingerprint density at radius 2 is 1.74 bits per heavy atom. The lowest BCUT2D eigenvalue weighted by molar-refractivity contribution is 0.0687. The van der Waals surface area contributed by atoms with Crippen molar-refractivity contribution in [1.29, 1.82) is 0 Å². The third-order valence-corrected chi connectivity index (χ3v) is 7.09. The van der Waals surface area contributed by atoms with Crippen molar-refractivity contribution in [2.24, 2.45) is 5.92 Å². The Morgan fingerprint density at radius 1 is 1.03 bits per heavy atom. The highest BCUT2D eigenvalue weighted by atomic mass is 16.5. The smallest absolute Gasteiger partial charge is 0.353 e. The zero-order valence-corrected chi connectivity index (χ0v) is 21.0. The zero-order valence-electron chi connectivity index (χ0n) is 21.0. The van der Waals surface area contributed by atoms with Crippen LogP contribution in [0.1, 0.15) is 60.8 Å². The molecule has 1 N–H and O–H groups in total. The highest BCUT2D eigenvalue weighted by molar-refractivity contribution is 6.09. The molecule has 1 fully saturated rings. The first-order valence-corrected chi connectivity index (χ1v) is 12.4. The van der Waals surface area contributed by atoms with E-state index in [1.165, 1.54) is 24.0 Å². The number of hydrogen-bond donors (Lipinski definition) is 1. The molecule has 0 unspecified atom stereocenters. The molecule has 1 aliphatic rings. The summed E-state index contributed by atoms with van der Waals surface area (Å²) in [5, 5.41) is 11.5. The van der Waals surface area contributed by atoms with Gasteiger partial charge in [-0.25, -0.2) is 4.79 Å². The summed E-state index contributed by atoms with van der Waals surface area (Å²) in [4.78, 5) is 12.8. The van der Waals surface area contributed by atoms with E-state index in [1.54, 1.807) is 7.11 Å². The maximum absolute atomic E-state index is 12.8. The van der Waals surface area contributed by atoms with E-state index in [1.807, 2.05) is 28.8 Å². The monoisotopic (exact) mass is 467 g/mol. The Labute approximate surface area is 207 Å². The molecule has 35 heavy (non-hydrogen) atoms. The van der Waals surface area contributed by atoms with E-state index in [9.17, 15) is 9.90 Å². The van der Waals surface area contributed by atoms with Gasteiger partial charge in [-0.2, -0.15) is 0 Å². The second-order valence-corrected chi connectivity index (χ2v) is 10.8. The lowest BCUT2D eigenvalue weighted by Crippen LogP contribution is -2.12. The van der Waals surface area contributed by atoms with Crippen molar-refractivity contribution in [3.8, 4) is 16.9 Å². The standard InChI is InChI=1S/C31H33NO3/c1-31(2,3)24-15-13-22(14-16-24)27-26-10-6-8-23(17-20-11-12-20)28(26)32(29(27)30(33)34)19-21-7-5-9-25(18-21)35-4/h5-10,13-16,18,20H,11-12,17,19H2,1-4H3,(H,33,34). The Hall–Kier alpha value is -3.53.